The second-order valence-electron chi connectivity index (χ2n) is 6.73. The Labute approximate surface area is 174 Å². The summed E-state index contributed by atoms with van der Waals surface area (Å²) in [6.45, 7) is 0. The van der Waals surface area contributed by atoms with Gasteiger partial charge < -0.3 is 0 Å². The maximum atomic E-state index is 13.0. The van der Waals surface area contributed by atoms with E-state index in [0.29, 0.717) is 0 Å². The van der Waals surface area contributed by atoms with Gasteiger partial charge in [-0.1, -0.05) is 36.6 Å². The van der Waals surface area contributed by atoms with E-state index in [2.05, 4.69) is 15.2 Å². The van der Waals surface area contributed by atoms with Crippen LogP contribution in [-0.2, 0) is 10.0 Å². The Kier molecular flexibility index (Phi) is 6.71. The molecule has 0 unspecified atom stereocenters. The summed E-state index contributed by atoms with van der Waals surface area (Å²) in [7, 11) is -4.15. The first-order valence-electron chi connectivity index (χ1n) is 9.24. The van der Waals surface area contributed by atoms with Gasteiger partial charge in [-0.2, -0.15) is 5.10 Å². The fraction of sp³-hybridized carbons (Fsp3) is 0.316. The van der Waals surface area contributed by atoms with Gasteiger partial charge >= 0.3 is 0 Å². The fourth-order valence-electron chi connectivity index (χ4n) is 3.07. The maximum Gasteiger partial charge on any atom is 0.270 e. The third-order valence-corrected chi connectivity index (χ3v) is 6.33. The summed E-state index contributed by atoms with van der Waals surface area (Å²) in [5.74, 6) is 0. The van der Waals surface area contributed by atoms with Crippen LogP contribution in [0.2, 0.25) is 5.02 Å². The molecule has 0 heterocycles. The van der Waals surface area contributed by atoms with Gasteiger partial charge in [0.2, 0.25) is 0 Å². The van der Waals surface area contributed by atoms with Crippen LogP contribution in [0.15, 0.2) is 52.5 Å². The third-order valence-electron chi connectivity index (χ3n) is 4.60. The van der Waals surface area contributed by atoms with E-state index in [9.17, 15) is 18.5 Å². The van der Waals surface area contributed by atoms with Gasteiger partial charge in [0.1, 0.15) is 4.90 Å². The van der Waals surface area contributed by atoms with Crippen LogP contribution in [0.5, 0.6) is 0 Å². The van der Waals surface area contributed by atoms with Gasteiger partial charge in [0.05, 0.1) is 21.3 Å². The molecule has 0 spiro atoms. The van der Waals surface area contributed by atoms with Crippen molar-refractivity contribution in [3.63, 3.8) is 0 Å². The van der Waals surface area contributed by atoms with E-state index in [1.807, 2.05) is 0 Å². The minimum absolute atomic E-state index is 0.159. The number of benzene rings is 2. The van der Waals surface area contributed by atoms with Gasteiger partial charge in [-0.15, -0.1) is 0 Å². The van der Waals surface area contributed by atoms with Crippen LogP contribution in [0.3, 0.4) is 0 Å². The Morgan fingerprint density at radius 1 is 1.00 bits per heavy atom. The van der Waals surface area contributed by atoms with Gasteiger partial charge in [-0.25, -0.2) is 8.42 Å². The van der Waals surface area contributed by atoms with Crippen LogP contribution in [0.4, 0.5) is 17.1 Å². The number of non-ortho nitro benzene ring substituents is 1. The number of sulfonamides is 1. The molecule has 3 rings (SSSR count). The molecule has 0 bridgehead atoms. The van der Waals surface area contributed by atoms with E-state index >= 15 is 0 Å². The maximum absolute atomic E-state index is 13.0. The lowest BCUT2D eigenvalue weighted by atomic mass is 10.2. The van der Waals surface area contributed by atoms with E-state index < -0.39 is 14.9 Å². The molecular weight excluding hydrogens is 416 g/mol. The summed E-state index contributed by atoms with van der Waals surface area (Å²) in [6.07, 6.45) is 6.08. The number of nitrogens with zero attached hydrogens (tertiary/aromatic N) is 2. The van der Waals surface area contributed by atoms with Crippen molar-refractivity contribution >= 4 is 44.4 Å². The van der Waals surface area contributed by atoms with Crippen LogP contribution in [0.1, 0.15) is 38.5 Å². The van der Waals surface area contributed by atoms with Gasteiger partial charge in [-0.3, -0.25) is 20.3 Å². The van der Waals surface area contributed by atoms with Crippen molar-refractivity contribution in [2.45, 2.75) is 43.4 Å². The average Bonchev–Trinajstić information content (AvgIpc) is 2.96. The average molecular weight is 437 g/mol. The number of hydrogen-bond donors (Lipinski definition) is 2. The molecule has 1 saturated carbocycles. The highest BCUT2D eigenvalue weighted by molar-refractivity contribution is 7.93. The predicted octanol–water partition coefficient (Wildman–Crippen LogP) is 5.17. The highest BCUT2D eigenvalue weighted by atomic mass is 35.5. The first kappa shape index (κ1) is 21.1. The molecule has 10 heteroatoms. The van der Waals surface area contributed by atoms with E-state index in [4.69, 9.17) is 11.6 Å². The molecule has 2 aromatic rings. The van der Waals surface area contributed by atoms with E-state index in [-0.39, 0.29) is 27.0 Å². The lowest BCUT2D eigenvalue weighted by Gasteiger charge is -2.13. The Bertz CT molecular complexity index is 1030. The van der Waals surface area contributed by atoms with Gasteiger partial charge in [0.25, 0.3) is 15.7 Å². The topological polar surface area (TPSA) is 114 Å². The number of anilines is 2. The summed E-state index contributed by atoms with van der Waals surface area (Å²) in [4.78, 5) is 10.3. The molecule has 1 fully saturated rings. The number of hydrazone groups is 1. The zero-order chi connectivity index (χ0) is 20.9. The Hall–Kier alpha value is -2.65. The zero-order valence-electron chi connectivity index (χ0n) is 15.6. The molecule has 29 heavy (non-hydrogen) atoms. The second kappa shape index (κ2) is 9.23. The number of nitrogens with one attached hydrogen (secondary N) is 2. The predicted molar refractivity (Wildman–Crippen MR) is 114 cm³/mol. The molecule has 0 saturated heterocycles. The minimum Gasteiger partial charge on any atom is -0.278 e. The van der Waals surface area contributed by atoms with Crippen molar-refractivity contribution in [3.05, 3.63) is 57.6 Å². The largest absolute Gasteiger partial charge is 0.278 e. The summed E-state index contributed by atoms with van der Waals surface area (Å²) in [5.41, 5.74) is 3.76. The Morgan fingerprint density at radius 2 is 1.69 bits per heavy atom. The molecule has 154 valence electrons. The van der Waals surface area contributed by atoms with Gasteiger partial charge in [0, 0.05) is 17.8 Å². The number of hydrogen-bond acceptors (Lipinski definition) is 6. The number of nitro groups is 1. The van der Waals surface area contributed by atoms with Gasteiger partial charge in [-0.05, 0) is 43.9 Å². The monoisotopic (exact) mass is 436 g/mol. The lowest BCUT2D eigenvalue weighted by molar-refractivity contribution is -0.385. The number of halogens is 1. The number of rotatable bonds is 6. The molecule has 0 radical (unpaired) electrons. The summed E-state index contributed by atoms with van der Waals surface area (Å²) in [6, 6.07) is 9.96. The zero-order valence-corrected chi connectivity index (χ0v) is 17.2. The number of nitro benzene ring substituents is 1. The van der Waals surface area contributed by atoms with Crippen LogP contribution >= 0.6 is 11.6 Å². The van der Waals surface area contributed by atoms with Gasteiger partial charge in [0.15, 0.2) is 0 Å². The molecule has 8 nitrogen and oxygen atoms in total. The van der Waals surface area contributed by atoms with Crippen molar-refractivity contribution < 1.29 is 13.3 Å². The van der Waals surface area contributed by atoms with Crippen LogP contribution < -0.4 is 10.1 Å². The van der Waals surface area contributed by atoms with Crippen LogP contribution in [-0.4, -0.2) is 19.1 Å². The Morgan fingerprint density at radius 3 is 2.34 bits per heavy atom. The molecule has 2 aromatic carbocycles. The lowest BCUT2D eigenvalue weighted by Crippen LogP contribution is -2.15. The highest BCUT2D eigenvalue weighted by Gasteiger charge is 2.23. The van der Waals surface area contributed by atoms with Crippen molar-refractivity contribution in [2.24, 2.45) is 5.10 Å². The van der Waals surface area contributed by atoms with Crippen molar-refractivity contribution in [1.29, 1.82) is 0 Å². The summed E-state index contributed by atoms with van der Waals surface area (Å²) >= 11 is 6.04. The second-order valence-corrected chi connectivity index (χ2v) is 8.78. The molecule has 0 aliphatic heterocycles. The van der Waals surface area contributed by atoms with E-state index in [1.54, 1.807) is 18.2 Å². The third kappa shape index (κ3) is 5.45. The Balaban J connectivity index is 1.96. The smallest absolute Gasteiger partial charge is 0.270 e. The van der Waals surface area contributed by atoms with Crippen LogP contribution in [0, 0.1) is 10.1 Å². The van der Waals surface area contributed by atoms with Crippen LogP contribution in [0.25, 0.3) is 0 Å². The fourth-order valence-corrected chi connectivity index (χ4v) is 4.57. The normalized spacial score (nSPS) is 14.7. The summed E-state index contributed by atoms with van der Waals surface area (Å²) in [5, 5.41) is 15.8. The molecule has 1 aliphatic carbocycles. The molecule has 2 N–H and O–H groups in total. The molecule has 0 amide bonds. The van der Waals surface area contributed by atoms with E-state index in [1.165, 1.54) is 18.2 Å². The SMILES string of the molecule is O=[N+]([O-])c1ccc(NN=C2CCCCCC2)c(S(=O)(=O)Nc2ccccc2Cl)c1. The van der Waals surface area contributed by atoms with E-state index in [0.717, 1.165) is 50.3 Å². The quantitative estimate of drug-likeness (QED) is 0.368. The molecule has 1 aliphatic rings. The van der Waals surface area contributed by atoms with Crippen molar-refractivity contribution in [3.8, 4) is 0 Å². The molecule has 0 aromatic heterocycles. The first-order valence-corrected chi connectivity index (χ1v) is 11.1. The highest BCUT2D eigenvalue weighted by Crippen LogP contribution is 2.30. The standard InChI is InChI=1S/C19H21ClN4O4S/c20-16-9-5-6-10-17(16)23-29(27,28)19-13-15(24(25)26)11-12-18(19)22-21-14-7-3-1-2-4-8-14/h5-6,9-13,22-23H,1-4,7-8H2. The van der Waals surface area contributed by atoms with Crippen molar-refractivity contribution in [1.82, 2.24) is 0 Å². The van der Waals surface area contributed by atoms with Crippen molar-refractivity contribution in [2.75, 3.05) is 10.1 Å². The molecular formula is C19H21ClN4O4S. The summed E-state index contributed by atoms with van der Waals surface area (Å²) < 4.78 is 28.3. The minimum atomic E-state index is -4.15. The first-order chi connectivity index (χ1) is 13.9. The number of para-hydroxylation sites is 1. The molecule has 0 atom stereocenters.